The highest BCUT2D eigenvalue weighted by molar-refractivity contribution is 7.89. The second kappa shape index (κ2) is 7.44. The van der Waals surface area contributed by atoms with Gasteiger partial charge in [0.1, 0.15) is 10.6 Å². The summed E-state index contributed by atoms with van der Waals surface area (Å²) in [5.41, 5.74) is 0.920. The number of benzene rings is 1. The van der Waals surface area contributed by atoms with Gasteiger partial charge in [-0.3, -0.25) is 0 Å². The number of ether oxygens (including phenoxy) is 1. The molecule has 0 radical (unpaired) electrons. The number of piperidine rings is 1. The summed E-state index contributed by atoms with van der Waals surface area (Å²) in [5, 5.41) is 3.16. The summed E-state index contributed by atoms with van der Waals surface area (Å²) in [6, 6.07) is 5.28. The Bertz CT molecular complexity index is 593. The molecule has 5 nitrogen and oxygen atoms in total. The highest BCUT2D eigenvalue weighted by Crippen LogP contribution is 2.31. The molecule has 1 saturated heterocycles. The molecule has 0 bridgehead atoms. The topological polar surface area (TPSA) is 58.6 Å². The van der Waals surface area contributed by atoms with Gasteiger partial charge in [0.15, 0.2) is 0 Å². The summed E-state index contributed by atoms with van der Waals surface area (Å²) in [5.74, 6) is 1.03. The molecule has 0 amide bonds. The Labute approximate surface area is 133 Å². The molecule has 0 aromatic heterocycles. The van der Waals surface area contributed by atoms with Gasteiger partial charge in [0.2, 0.25) is 10.0 Å². The first-order valence-corrected chi connectivity index (χ1v) is 9.22. The number of nitrogens with one attached hydrogen (secondary N) is 1. The van der Waals surface area contributed by atoms with E-state index in [9.17, 15) is 8.42 Å². The Morgan fingerprint density at radius 3 is 2.59 bits per heavy atom. The van der Waals surface area contributed by atoms with Crippen molar-refractivity contribution in [1.82, 2.24) is 9.62 Å². The maximum Gasteiger partial charge on any atom is 0.246 e. The predicted octanol–water partition coefficient (Wildman–Crippen LogP) is 2.01. The van der Waals surface area contributed by atoms with Crippen molar-refractivity contribution in [2.24, 2.45) is 5.92 Å². The summed E-state index contributed by atoms with van der Waals surface area (Å²) in [6.07, 6.45) is 2.96. The van der Waals surface area contributed by atoms with E-state index in [1.807, 2.05) is 20.0 Å². The molecule has 2 rings (SSSR count). The zero-order chi connectivity index (χ0) is 16.2. The van der Waals surface area contributed by atoms with Crippen LogP contribution in [0, 0.1) is 12.8 Å². The predicted molar refractivity (Wildman–Crippen MR) is 87.8 cm³/mol. The summed E-state index contributed by atoms with van der Waals surface area (Å²) < 4.78 is 32.6. The van der Waals surface area contributed by atoms with E-state index in [1.54, 1.807) is 16.4 Å². The highest BCUT2D eigenvalue weighted by atomic mass is 32.2. The first kappa shape index (κ1) is 17.2. The average molecular weight is 326 g/mol. The van der Waals surface area contributed by atoms with Crippen molar-refractivity contribution in [3.8, 4) is 5.75 Å². The van der Waals surface area contributed by atoms with Gasteiger partial charge in [-0.15, -0.1) is 0 Å². The number of rotatable bonds is 6. The fourth-order valence-electron chi connectivity index (χ4n) is 2.91. The van der Waals surface area contributed by atoms with Crippen LogP contribution in [0.25, 0.3) is 0 Å². The maximum absolute atomic E-state index is 12.9. The Morgan fingerprint density at radius 2 is 2.00 bits per heavy atom. The molecule has 1 aliphatic heterocycles. The van der Waals surface area contributed by atoms with Gasteiger partial charge in [0.05, 0.1) is 7.11 Å². The van der Waals surface area contributed by atoms with Gasteiger partial charge in [-0.05, 0) is 63.4 Å². The molecular weight excluding hydrogens is 300 g/mol. The molecule has 1 aromatic rings. The third-order valence-electron chi connectivity index (χ3n) is 4.31. The molecule has 6 heteroatoms. The van der Waals surface area contributed by atoms with Gasteiger partial charge in [-0.25, -0.2) is 8.42 Å². The second-order valence-corrected chi connectivity index (χ2v) is 7.80. The van der Waals surface area contributed by atoms with Gasteiger partial charge in [0.25, 0.3) is 0 Å². The maximum atomic E-state index is 12.9. The van der Waals surface area contributed by atoms with Crippen molar-refractivity contribution < 1.29 is 13.2 Å². The van der Waals surface area contributed by atoms with E-state index in [-0.39, 0.29) is 4.90 Å². The van der Waals surface area contributed by atoms with Crippen LogP contribution in [0.4, 0.5) is 0 Å². The number of sulfonamides is 1. The zero-order valence-corrected chi connectivity index (χ0v) is 14.4. The van der Waals surface area contributed by atoms with Gasteiger partial charge < -0.3 is 10.1 Å². The molecule has 1 aromatic carbocycles. The lowest BCUT2D eigenvalue weighted by atomic mass is 9.95. The van der Waals surface area contributed by atoms with E-state index in [2.05, 4.69) is 5.32 Å². The van der Waals surface area contributed by atoms with Crippen LogP contribution < -0.4 is 10.1 Å². The molecule has 0 aliphatic carbocycles. The first-order valence-electron chi connectivity index (χ1n) is 7.78. The number of hydrogen-bond acceptors (Lipinski definition) is 4. The molecule has 1 heterocycles. The van der Waals surface area contributed by atoms with Crippen molar-refractivity contribution in [3.05, 3.63) is 23.8 Å². The van der Waals surface area contributed by atoms with Crippen molar-refractivity contribution in [2.75, 3.05) is 33.8 Å². The SMILES string of the molecule is CNCCC1CCN(S(=O)(=O)c2cc(C)ccc2OC)CC1. The molecule has 0 unspecified atom stereocenters. The van der Waals surface area contributed by atoms with E-state index < -0.39 is 10.0 Å². The summed E-state index contributed by atoms with van der Waals surface area (Å²) in [7, 11) is -0.0229. The minimum Gasteiger partial charge on any atom is -0.495 e. The molecule has 0 saturated carbocycles. The van der Waals surface area contributed by atoms with E-state index >= 15 is 0 Å². The van der Waals surface area contributed by atoms with Crippen molar-refractivity contribution in [3.63, 3.8) is 0 Å². The monoisotopic (exact) mass is 326 g/mol. The summed E-state index contributed by atoms with van der Waals surface area (Å²) >= 11 is 0. The average Bonchev–Trinajstić information content (AvgIpc) is 2.53. The number of methoxy groups -OCH3 is 1. The second-order valence-electron chi connectivity index (χ2n) is 5.89. The van der Waals surface area contributed by atoms with Crippen LogP contribution in [-0.2, 0) is 10.0 Å². The summed E-state index contributed by atoms with van der Waals surface area (Å²) in [4.78, 5) is 0.281. The van der Waals surface area contributed by atoms with Crippen LogP contribution >= 0.6 is 0 Å². The molecule has 124 valence electrons. The van der Waals surface area contributed by atoms with Crippen molar-refractivity contribution in [2.45, 2.75) is 31.1 Å². The Kier molecular flexibility index (Phi) is 5.83. The van der Waals surface area contributed by atoms with Crippen LogP contribution in [0.5, 0.6) is 5.75 Å². The normalized spacial score (nSPS) is 17.6. The van der Waals surface area contributed by atoms with Crippen LogP contribution in [0.2, 0.25) is 0 Å². The van der Waals surface area contributed by atoms with E-state index in [0.29, 0.717) is 24.8 Å². The van der Waals surface area contributed by atoms with Gasteiger partial charge in [0, 0.05) is 13.1 Å². The summed E-state index contributed by atoms with van der Waals surface area (Å²) in [6.45, 7) is 4.06. The van der Waals surface area contributed by atoms with Crippen LogP contribution in [0.1, 0.15) is 24.8 Å². The smallest absolute Gasteiger partial charge is 0.246 e. The number of nitrogens with zero attached hydrogens (tertiary/aromatic N) is 1. The van der Waals surface area contributed by atoms with Gasteiger partial charge in [-0.2, -0.15) is 4.31 Å². The van der Waals surface area contributed by atoms with Crippen LogP contribution in [0.3, 0.4) is 0 Å². The van der Waals surface area contributed by atoms with Gasteiger partial charge in [-0.1, -0.05) is 6.07 Å². The minimum atomic E-state index is -3.48. The van der Waals surface area contributed by atoms with Crippen LogP contribution in [0.15, 0.2) is 23.1 Å². The molecule has 0 spiro atoms. The lowest BCUT2D eigenvalue weighted by Crippen LogP contribution is -2.39. The third kappa shape index (κ3) is 3.80. The lowest BCUT2D eigenvalue weighted by molar-refractivity contribution is 0.262. The molecular formula is C16H26N2O3S. The standard InChI is InChI=1S/C16H26N2O3S/c1-13-4-5-15(21-3)16(12-13)22(19,20)18-10-7-14(8-11-18)6-9-17-2/h4-5,12,14,17H,6-11H2,1-3H3. The lowest BCUT2D eigenvalue weighted by Gasteiger charge is -2.31. The fraction of sp³-hybridized carbons (Fsp3) is 0.625. The molecule has 1 fully saturated rings. The Hall–Kier alpha value is -1.11. The highest BCUT2D eigenvalue weighted by Gasteiger charge is 2.31. The quantitative estimate of drug-likeness (QED) is 0.869. The molecule has 1 aliphatic rings. The Balaban J connectivity index is 2.14. The van der Waals surface area contributed by atoms with Crippen molar-refractivity contribution >= 4 is 10.0 Å². The Morgan fingerprint density at radius 1 is 1.32 bits per heavy atom. The molecule has 22 heavy (non-hydrogen) atoms. The molecule has 1 N–H and O–H groups in total. The van der Waals surface area contributed by atoms with E-state index in [4.69, 9.17) is 4.74 Å². The number of hydrogen-bond donors (Lipinski definition) is 1. The third-order valence-corrected chi connectivity index (χ3v) is 6.23. The van der Waals surface area contributed by atoms with Crippen molar-refractivity contribution in [1.29, 1.82) is 0 Å². The largest absolute Gasteiger partial charge is 0.495 e. The number of aryl methyl sites for hydroxylation is 1. The van der Waals surface area contributed by atoms with Gasteiger partial charge >= 0.3 is 0 Å². The minimum absolute atomic E-state index is 0.281. The van der Waals surface area contributed by atoms with Crippen LogP contribution in [-0.4, -0.2) is 46.5 Å². The zero-order valence-electron chi connectivity index (χ0n) is 13.6. The van der Waals surface area contributed by atoms with E-state index in [0.717, 1.165) is 31.4 Å². The van der Waals surface area contributed by atoms with E-state index in [1.165, 1.54) is 7.11 Å². The fourth-order valence-corrected chi connectivity index (χ4v) is 4.62. The molecule has 0 atom stereocenters. The first-order chi connectivity index (χ1) is 10.5.